The van der Waals surface area contributed by atoms with Crippen LogP contribution in [-0.4, -0.2) is 63.6 Å². The Morgan fingerprint density at radius 3 is 2.16 bits per heavy atom. The number of aliphatic hydroxyl groups excluding tert-OH is 3. The van der Waals surface area contributed by atoms with Crippen molar-refractivity contribution >= 4 is 17.7 Å². The van der Waals surface area contributed by atoms with Gasteiger partial charge in [-0.25, -0.2) is 0 Å². The monoisotopic (exact) mass is 450 g/mol. The lowest BCUT2D eigenvalue weighted by atomic mass is 9.38. The Hall–Kier alpha value is -1.77. The molecule has 0 aromatic rings. The fourth-order valence-electron chi connectivity index (χ4n) is 8.18. The predicted molar refractivity (Wildman–Crippen MR) is 112 cm³/mol. The molecule has 4 rings (SSSR count). The van der Waals surface area contributed by atoms with Gasteiger partial charge in [-0.3, -0.25) is 14.4 Å². The molecule has 3 N–H and O–H groups in total. The van der Waals surface area contributed by atoms with Crippen molar-refractivity contribution in [2.45, 2.75) is 84.4 Å². The van der Waals surface area contributed by atoms with Crippen LogP contribution in [0.25, 0.3) is 0 Å². The predicted octanol–water partition coefficient (Wildman–Crippen LogP) is 1.15. The van der Waals surface area contributed by atoms with Gasteiger partial charge in [0.05, 0.1) is 23.7 Å². The van der Waals surface area contributed by atoms with Crippen molar-refractivity contribution in [3.05, 3.63) is 12.2 Å². The SMILES string of the molecule is C=C1C(=O)[C@]23C[C@H]1C[C@H](O)[C@H]2[C@@]1(C)[C@H]([C@H](O)[C@@H]3OC(C)=O)C(C)(C)[C@@H](OC(C)=O)C[C@@H]1O. The van der Waals surface area contributed by atoms with Crippen LogP contribution in [0.1, 0.15) is 53.9 Å². The van der Waals surface area contributed by atoms with Crippen molar-refractivity contribution in [3.63, 3.8) is 0 Å². The number of hydrogen-bond acceptors (Lipinski definition) is 8. The first-order valence-corrected chi connectivity index (χ1v) is 11.3. The van der Waals surface area contributed by atoms with E-state index in [9.17, 15) is 29.7 Å². The molecule has 4 fully saturated rings. The Balaban J connectivity index is 1.94. The third-order valence-corrected chi connectivity index (χ3v) is 9.14. The number of Topliss-reactive ketones (excluding diaryl/α,β-unsaturated/α-hetero) is 1. The molecule has 178 valence electrons. The van der Waals surface area contributed by atoms with Crippen LogP contribution in [0.15, 0.2) is 12.2 Å². The summed E-state index contributed by atoms with van der Waals surface area (Å²) in [5, 5.41) is 34.5. The second-order valence-corrected chi connectivity index (χ2v) is 11.1. The minimum Gasteiger partial charge on any atom is -0.462 e. The van der Waals surface area contributed by atoms with Crippen molar-refractivity contribution in [3.8, 4) is 0 Å². The molecular weight excluding hydrogens is 416 g/mol. The van der Waals surface area contributed by atoms with Gasteiger partial charge in [-0.1, -0.05) is 27.4 Å². The molecule has 10 atom stereocenters. The summed E-state index contributed by atoms with van der Waals surface area (Å²) in [5.74, 6) is -3.19. The molecule has 4 aliphatic rings. The van der Waals surface area contributed by atoms with E-state index in [0.717, 1.165) is 0 Å². The number of fused-ring (bicyclic) bond motifs is 3. The van der Waals surface area contributed by atoms with E-state index in [1.165, 1.54) is 13.8 Å². The van der Waals surface area contributed by atoms with E-state index in [2.05, 4.69) is 6.58 Å². The molecule has 0 aromatic heterocycles. The molecular formula is C24H34O8. The molecule has 0 saturated heterocycles. The lowest BCUT2D eigenvalue weighted by molar-refractivity contribution is -0.306. The van der Waals surface area contributed by atoms with Gasteiger partial charge in [-0.05, 0) is 24.3 Å². The van der Waals surface area contributed by atoms with Crippen LogP contribution >= 0.6 is 0 Å². The van der Waals surface area contributed by atoms with Crippen LogP contribution in [0, 0.1) is 34.0 Å². The van der Waals surface area contributed by atoms with Crippen LogP contribution in [0.5, 0.6) is 0 Å². The number of hydrogen-bond donors (Lipinski definition) is 3. The molecule has 4 aliphatic carbocycles. The second-order valence-electron chi connectivity index (χ2n) is 11.1. The summed E-state index contributed by atoms with van der Waals surface area (Å²) in [5.41, 5.74) is -2.92. The molecule has 32 heavy (non-hydrogen) atoms. The van der Waals surface area contributed by atoms with E-state index in [1.807, 2.05) is 13.8 Å². The minimum atomic E-state index is -1.36. The van der Waals surface area contributed by atoms with Crippen molar-refractivity contribution < 1.29 is 39.2 Å². The summed E-state index contributed by atoms with van der Waals surface area (Å²) in [6, 6.07) is 0. The van der Waals surface area contributed by atoms with Gasteiger partial charge in [-0.15, -0.1) is 0 Å². The number of aliphatic hydroxyl groups is 3. The van der Waals surface area contributed by atoms with Gasteiger partial charge in [0.2, 0.25) is 0 Å². The zero-order valence-corrected chi connectivity index (χ0v) is 19.3. The molecule has 8 nitrogen and oxygen atoms in total. The van der Waals surface area contributed by atoms with Crippen LogP contribution < -0.4 is 0 Å². The van der Waals surface area contributed by atoms with E-state index in [0.29, 0.717) is 18.4 Å². The Morgan fingerprint density at radius 1 is 1.00 bits per heavy atom. The summed E-state index contributed by atoms with van der Waals surface area (Å²) in [7, 11) is 0. The first kappa shape index (κ1) is 23.4. The molecule has 0 aliphatic heterocycles. The summed E-state index contributed by atoms with van der Waals surface area (Å²) in [4.78, 5) is 37.5. The second kappa shape index (κ2) is 7.11. The summed E-state index contributed by atoms with van der Waals surface area (Å²) in [6.07, 6.45) is -4.48. The average Bonchev–Trinajstić information content (AvgIpc) is 2.84. The molecule has 2 bridgehead atoms. The Kier molecular flexibility index (Phi) is 5.20. The third-order valence-electron chi connectivity index (χ3n) is 9.14. The van der Waals surface area contributed by atoms with Gasteiger partial charge in [-0.2, -0.15) is 0 Å². The third kappa shape index (κ3) is 2.75. The maximum absolute atomic E-state index is 13.7. The standard InChI is InChI=1S/C24H34O8/c1-10-13-7-14(27)18-23(6)15(28)8-16(31-11(2)25)22(4,5)19(23)17(29)21(32-12(3)26)24(18,9-13)20(10)30/h13-19,21,27-29H,1,7-9H2,2-6H3/t13-,14+,15+,16+,17+,18+,19-,21+,23+,24+/m1/s1. The number of carbonyl (C=O) groups excluding carboxylic acids is 3. The highest BCUT2D eigenvalue weighted by Gasteiger charge is 2.78. The van der Waals surface area contributed by atoms with Crippen LogP contribution in [-0.2, 0) is 23.9 Å². The first-order valence-electron chi connectivity index (χ1n) is 11.3. The number of carbonyl (C=O) groups is 3. The molecule has 0 unspecified atom stereocenters. The molecule has 1 spiro atoms. The van der Waals surface area contributed by atoms with Crippen LogP contribution in [0.4, 0.5) is 0 Å². The highest BCUT2D eigenvalue weighted by Crippen LogP contribution is 2.71. The Labute approximate surface area is 188 Å². The van der Waals surface area contributed by atoms with Crippen LogP contribution in [0.2, 0.25) is 0 Å². The van der Waals surface area contributed by atoms with Crippen LogP contribution in [0.3, 0.4) is 0 Å². The number of ether oxygens (including phenoxy) is 2. The summed E-state index contributed by atoms with van der Waals surface area (Å²) >= 11 is 0. The van der Waals surface area contributed by atoms with Crippen molar-refractivity contribution in [1.82, 2.24) is 0 Å². The topological polar surface area (TPSA) is 130 Å². The van der Waals surface area contributed by atoms with E-state index in [4.69, 9.17) is 9.47 Å². The molecule has 0 radical (unpaired) electrons. The highest BCUT2D eigenvalue weighted by atomic mass is 16.6. The van der Waals surface area contributed by atoms with Crippen molar-refractivity contribution in [2.24, 2.45) is 34.0 Å². The largest absolute Gasteiger partial charge is 0.462 e. The molecule has 0 aromatic carbocycles. The van der Waals surface area contributed by atoms with Gasteiger partial charge in [0.15, 0.2) is 5.78 Å². The first-order chi connectivity index (χ1) is 14.7. The number of ketones is 1. The van der Waals surface area contributed by atoms with Gasteiger partial charge in [0.25, 0.3) is 0 Å². The lowest BCUT2D eigenvalue weighted by Gasteiger charge is -2.68. The fourth-order valence-corrected chi connectivity index (χ4v) is 8.18. The van der Waals surface area contributed by atoms with Gasteiger partial charge < -0.3 is 24.8 Å². The highest BCUT2D eigenvalue weighted by molar-refractivity contribution is 6.04. The van der Waals surface area contributed by atoms with E-state index in [-0.39, 0.29) is 18.1 Å². The molecule has 0 amide bonds. The normalized spacial score (nSPS) is 49.1. The zero-order chi connectivity index (χ0) is 24.0. The molecule has 4 saturated carbocycles. The molecule has 0 heterocycles. The maximum Gasteiger partial charge on any atom is 0.303 e. The van der Waals surface area contributed by atoms with Gasteiger partial charge in [0.1, 0.15) is 12.2 Å². The summed E-state index contributed by atoms with van der Waals surface area (Å²) in [6.45, 7) is 11.9. The Bertz CT molecular complexity index is 879. The van der Waals surface area contributed by atoms with Gasteiger partial charge in [0, 0.05) is 42.9 Å². The van der Waals surface area contributed by atoms with E-state index < -0.39 is 70.5 Å². The maximum atomic E-state index is 13.7. The van der Waals surface area contributed by atoms with E-state index >= 15 is 0 Å². The fraction of sp³-hybridized carbons (Fsp3) is 0.792. The molecule has 8 heteroatoms. The lowest BCUT2D eigenvalue weighted by Crippen LogP contribution is -2.76. The van der Waals surface area contributed by atoms with Crippen molar-refractivity contribution in [2.75, 3.05) is 0 Å². The quantitative estimate of drug-likeness (QED) is 0.422. The zero-order valence-electron chi connectivity index (χ0n) is 19.3. The summed E-state index contributed by atoms with van der Waals surface area (Å²) < 4.78 is 11.2. The van der Waals surface area contributed by atoms with E-state index in [1.54, 1.807) is 6.92 Å². The van der Waals surface area contributed by atoms with Gasteiger partial charge >= 0.3 is 11.9 Å². The number of rotatable bonds is 2. The smallest absolute Gasteiger partial charge is 0.303 e. The minimum absolute atomic E-state index is 0.113. The van der Waals surface area contributed by atoms with Crippen molar-refractivity contribution in [1.29, 1.82) is 0 Å². The average molecular weight is 451 g/mol. The number of esters is 2. The Morgan fingerprint density at radius 2 is 1.59 bits per heavy atom. The number of allylic oxidation sites excluding steroid dienone is 1.